The van der Waals surface area contributed by atoms with Crippen molar-refractivity contribution in [2.24, 2.45) is 0 Å². The van der Waals surface area contributed by atoms with Crippen LogP contribution in [0.15, 0.2) is 29.2 Å². The summed E-state index contributed by atoms with van der Waals surface area (Å²) in [5.74, 6) is -0.0569. The normalized spacial score (nSPS) is 20.9. The molecule has 1 fully saturated rings. The molecule has 1 aliphatic rings. The van der Waals surface area contributed by atoms with Crippen molar-refractivity contribution in [3.8, 4) is 0 Å². The molecule has 0 aromatic heterocycles. The van der Waals surface area contributed by atoms with Gasteiger partial charge in [0.25, 0.3) is 0 Å². The molecule has 1 saturated heterocycles. The average Bonchev–Trinajstić information content (AvgIpc) is 2.49. The van der Waals surface area contributed by atoms with Gasteiger partial charge in [0.1, 0.15) is 0 Å². The minimum Gasteiger partial charge on any atom is -0.388 e. The number of aliphatic hydroxyl groups is 1. The molecule has 0 saturated carbocycles. The number of benzene rings is 1. The average molecular weight is 312 g/mol. The number of rotatable bonds is 5. The van der Waals surface area contributed by atoms with Crippen molar-refractivity contribution in [3.63, 3.8) is 0 Å². The maximum Gasteiger partial charge on any atom is 0.240 e. The summed E-state index contributed by atoms with van der Waals surface area (Å²) >= 11 is 0. The number of carbonyl (C=O) groups excluding carboxylic acids is 1. The Hall–Kier alpha value is -1.44. The largest absolute Gasteiger partial charge is 0.388 e. The van der Waals surface area contributed by atoms with Crippen molar-refractivity contribution in [3.05, 3.63) is 29.8 Å². The van der Waals surface area contributed by atoms with Gasteiger partial charge in [-0.05, 0) is 30.5 Å². The van der Waals surface area contributed by atoms with Gasteiger partial charge >= 0.3 is 0 Å². The van der Waals surface area contributed by atoms with Gasteiger partial charge in [0.15, 0.2) is 0 Å². The monoisotopic (exact) mass is 312 g/mol. The number of piperidine rings is 1. The Morgan fingerprint density at radius 1 is 1.48 bits per heavy atom. The van der Waals surface area contributed by atoms with E-state index in [1.807, 2.05) is 6.92 Å². The van der Waals surface area contributed by atoms with Gasteiger partial charge in [-0.2, -0.15) is 0 Å². The maximum absolute atomic E-state index is 12.3. The van der Waals surface area contributed by atoms with Gasteiger partial charge in [0.05, 0.1) is 11.0 Å². The molecule has 1 aromatic carbocycles. The molecule has 2 rings (SSSR count). The highest BCUT2D eigenvalue weighted by Gasteiger charge is 2.24. The first-order chi connectivity index (χ1) is 9.92. The molecule has 3 N–H and O–H groups in total. The minimum absolute atomic E-state index is 0.0569. The molecule has 0 spiro atoms. The Kier molecular flexibility index (Phi) is 4.97. The molecule has 1 heterocycles. The maximum atomic E-state index is 12.3. The number of carbonyl (C=O) groups is 1. The van der Waals surface area contributed by atoms with E-state index in [-0.39, 0.29) is 16.8 Å². The van der Waals surface area contributed by atoms with E-state index in [0.29, 0.717) is 31.4 Å². The van der Waals surface area contributed by atoms with Crippen LogP contribution in [0.2, 0.25) is 0 Å². The lowest BCUT2D eigenvalue weighted by Gasteiger charge is -2.23. The molecule has 0 aliphatic carbocycles. The number of nitrogens with one attached hydrogen (secondary N) is 2. The van der Waals surface area contributed by atoms with Crippen LogP contribution >= 0.6 is 0 Å². The van der Waals surface area contributed by atoms with Crippen LogP contribution in [0.4, 0.5) is 0 Å². The van der Waals surface area contributed by atoms with Crippen molar-refractivity contribution in [1.82, 2.24) is 10.0 Å². The van der Waals surface area contributed by atoms with Gasteiger partial charge < -0.3 is 10.4 Å². The van der Waals surface area contributed by atoms with Crippen LogP contribution in [0.25, 0.3) is 0 Å². The van der Waals surface area contributed by atoms with E-state index in [9.17, 15) is 18.3 Å². The first-order valence-corrected chi connectivity index (χ1v) is 8.47. The molecule has 1 aliphatic heterocycles. The number of hydrogen-bond donors (Lipinski definition) is 3. The molecule has 1 aromatic rings. The molecule has 1 amide bonds. The molecule has 2 atom stereocenters. The molecule has 7 heteroatoms. The Bertz CT molecular complexity index is 605. The molecule has 2 unspecified atom stereocenters. The van der Waals surface area contributed by atoms with E-state index in [0.717, 1.165) is 0 Å². The van der Waals surface area contributed by atoms with Gasteiger partial charge in [-0.25, -0.2) is 13.1 Å². The van der Waals surface area contributed by atoms with E-state index < -0.39 is 16.1 Å². The lowest BCUT2D eigenvalue weighted by Crippen LogP contribution is -2.47. The van der Waals surface area contributed by atoms with Gasteiger partial charge in [0.2, 0.25) is 15.9 Å². The molecular weight excluding hydrogens is 292 g/mol. The zero-order chi connectivity index (χ0) is 15.5. The molecule has 0 radical (unpaired) electrons. The standard InChI is InChI=1S/C14H20N2O4S/c1-2-13(17)10-4-3-5-12(8-10)21(19,20)16-11-6-7-14(18)15-9-11/h3-5,8,11,13,16-17H,2,6-7,9H2,1H3,(H,15,18). The quantitative estimate of drug-likeness (QED) is 0.745. The third-order valence-corrected chi connectivity index (χ3v) is 5.05. The summed E-state index contributed by atoms with van der Waals surface area (Å²) in [6.45, 7) is 2.13. The van der Waals surface area contributed by atoms with Crippen LogP contribution in [0.3, 0.4) is 0 Å². The van der Waals surface area contributed by atoms with Gasteiger partial charge in [-0.1, -0.05) is 19.1 Å². The summed E-state index contributed by atoms with van der Waals surface area (Å²) in [5.41, 5.74) is 0.581. The van der Waals surface area contributed by atoms with Crippen molar-refractivity contribution in [1.29, 1.82) is 0 Å². The number of aliphatic hydroxyl groups excluding tert-OH is 1. The summed E-state index contributed by atoms with van der Waals surface area (Å²) in [4.78, 5) is 11.2. The fourth-order valence-electron chi connectivity index (χ4n) is 2.25. The summed E-state index contributed by atoms with van der Waals surface area (Å²) in [6.07, 6.45) is 0.657. The molecule has 0 bridgehead atoms. The van der Waals surface area contributed by atoms with Crippen LogP contribution in [-0.2, 0) is 14.8 Å². The third kappa shape index (κ3) is 4.03. The van der Waals surface area contributed by atoms with Crippen molar-refractivity contribution in [2.75, 3.05) is 6.54 Å². The fraction of sp³-hybridized carbons (Fsp3) is 0.500. The highest BCUT2D eigenvalue weighted by molar-refractivity contribution is 7.89. The Morgan fingerprint density at radius 2 is 2.24 bits per heavy atom. The number of hydrogen-bond acceptors (Lipinski definition) is 4. The van der Waals surface area contributed by atoms with Gasteiger partial charge in [-0.15, -0.1) is 0 Å². The second kappa shape index (κ2) is 6.55. The van der Waals surface area contributed by atoms with Gasteiger partial charge in [-0.3, -0.25) is 4.79 Å². The summed E-state index contributed by atoms with van der Waals surface area (Å²) in [7, 11) is -3.65. The van der Waals surface area contributed by atoms with Crippen molar-refractivity contribution in [2.45, 2.75) is 43.2 Å². The lowest BCUT2D eigenvalue weighted by molar-refractivity contribution is -0.122. The van der Waals surface area contributed by atoms with E-state index in [4.69, 9.17) is 0 Å². The lowest BCUT2D eigenvalue weighted by atomic mass is 10.1. The Labute approximate surface area is 124 Å². The van der Waals surface area contributed by atoms with E-state index in [1.165, 1.54) is 12.1 Å². The van der Waals surface area contributed by atoms with Crippen LogP contribution in [0.5, 0.6) is 0 Å². The second-order valence-corrected chi connectivity index (χ2v) is 6.87. The minimum atomic E-state index is -3.65. The highest BCUT2D eigenvalue weighted by Crippen LogP contribution is 2.20. The van der Waals surface area contributed by atoms with Crippen LogP contribution in [0, 0.1) is 0 Å². The smallest absolute Gasteiger partial charge is 0.240 e. The predicted molar refractivity (Wildman–Crippen MR) is 78.0 cm³/mol. The Morgan fingerprint density at radius 3 is 2.86 bits per heavy atom. The topological polar surface area (TPSA) is 95.5 Å². The molecule has 6 nitrogen and oxygen atoms in total. The van der Waals surface area contributed by atoms with E-state index in [1.54, 1.807) is 12.1 Å². The van der Waals surface area contributed by atoms with E-state index in [2.05, 4.69) is 10.0 Å². The Balaban J connectivity index is 2.14. The first-order valence-electron chi connectivity index (χ1n) is 6.99. The fourth-order valence-corrected chi connectivity index (χ4v) is 3.57. The summed E-state index contributed by atoms with van der Waals surface area (Å²) in [5, 5.41) is 12.4. The highest BCUT2D eigenvalue weighted by atomic mass is 32.2. The number of sulfonamides is 1. The van der Waals surface area contributed by atoms with Crippen LogP contribution < -0.4 is 10.0 Å². The van der Waals surface area contributed by atoms with E-state index >= 15 is 0 Å². The van der Waals surface area contributed by atoms with Crippen LogP contribution in [-0.4, -0.2) is 32.0 Å². The van der Waals surface area contributed by atoms with Gasteiger partial charge in [0, 0.05) is 19.0 Å². The predicted octanol–water partition coefficient (Wildman–Crippen LogP) is 0.687. The zero-order valence-electron chi connectivity index (χ0n) is 11.9. The number of amides is 1. The third-order valence-electron chi connectivity index (χ3n) is 3.53. The molecular formula is C14H20N2O4S. The zero-order valence-corrected chi connectivity index (χ0v) is 12.7. The molecule has 116 valence electrons. The van der Waals surface area contributed by atoms with Crippen LogP contribution in [0.1, 0.15) is 37.9 Å². The van der Waals surface area contributed by atoms with Crippen molar-refractivity contribution >= 4 is 15.9 Å². The molecule has 21 heavy (non-hydrogen) atoms. The second-order valence-electron chi connectivity index (χ2n) is 5.16. The first kappa shape index (κ1) is 15.9. The summed E-state index contributed by atoms with van der Waals surface area (Å²) in [6, 6.07) is 6.00. The SMILES string of the molecule is CCC(O)c1cccc(S(=O)(=O)NC2CCC(=O)NC2)c1. The summed E-state index contributed by atoms with van der Waals surface area (Å²) < 4.78 is 27.3. The van der Waals surface area contributed by atoms with Crippen molar-refractivity contribution < 1.29 is 18.3 Å².